The summed E-state index contributed by atoms with van der Waals surface area (Å²) in [5.41, 5.74) is 0. The Morgan fingerprint density at radius 3 is 2.56 bits per heavy atom. The van der Waals surface area contributed by atoms with E-state index < -0.39 is 37.0 Å². The van der Waals surface area contributed by atoms with E-state index in [0.29, 0.717) is 0 Å². The Bertz CT molecular complexity index is 385. The zero-order valence-electron chi connectivity index (χ0n) is 9.56. The van der Waals surface area contributed by atoms with E-state index in [1.54, 1.807) is 0 Å². The van der Waals surface area contributed by atoms with Gasteiger partial charge in [-0.15, -0.1) is 0 Å². The number of aliphatic hydroxyl groups excluding tert-OH is 1. The molecule has 0 aliphatic heterocycles. The van der Waals surface area contributed by atoms with E-state index in [-0.39, 0.29) is 25.4 Å². The Balaban J connectivity index is 2.41. The molecule has 104 valence electrons. The van der Waals surface area contributed by atoms with Crippen LogP contribution in [0.1, 0.15) is 19.3 Å². The van der Waals surface area contributed by atoms with Gasteiger partial charge in [-0.25, -0.2) is 0 Å². The standard InChI is InChI=1S/C9H16NO7P/c10-17-7(11)2-1-3-18(15,16)9(14)6-4-5(6)8(12)13/h5-6,9,14H,1-4,10H2,(H,12,13)(H,15,16)/t5?,6?,9-/m0/s1. The lowest BCUT2D eigenvalue weighted by molar-refractivity contribution is -0.144. The van der Waals surface area contributed by atoms with Crippen molar-refractivity contribution < 1.29 is 34.1 Å². The lowest BCUT2D eigenvalue weighted by Gasteiger charge is -2.17. The van der Waals surface area contributed by atoms with E-state index in [9.17, 15) is 24.2 Å². The predicted octanol–water partition coefficient (Wildman–Crippen LogP) is -0.507. The second-order valence-corrected chi connectivity index (χ2v) is 6.82. The van der Waals surface area contributed by atoms with E-state index >= 15 is 0 Å². The van der Waals surface area contributed by atoms with Crippen molar-refractivity contribution in [3.63, 3.8) is 0 Å². The summed E-state index contributed by atoms with van der Waals surface area (Å²) < 4.78 is 11.8. The number of carbonyl (C=O) groups is 2. The summed E-state index contributed by atoms with van der Waals surface area (Å²) in [5.74, 6) is -0.176. The molecular weight excluding hydrogens is 265 g/mol. The van der Waals surface area contributed by atoms with Gasteiger partial charge in [0.25, 0.3) is 0 Å². The molecule has 0 spiro atoms. The van der Waals surface area contributed by atoms with Crippen molar-refractivity contribution in [1.82, 2.24) is 0 Å². The minimum Gasteiger partial charge on any atom is -0.481 e. The van der Waals surface area contributed by atoms with E-state index in [1.807, 2.05) is 0 Å². The maximum absolute atomic E-state index is 11.8. The average Bonchev–Trinajstić information content (AvgIpc) is 3.07. The summed E-state index contributed by atoms with van der Waals surface area (Å²) in [6, 6.07) is 0. The molecule has 0 aromatic heterocycles. The number of hydrogen-bond acceptors (Lipinski definition) is 6. The van der Waals surface area contributed by atoms with Crippen LogP contribution < -0.4 is 5.90 Å². The molecule has 1 aliphatic rings. The smallest absolute Gasteiger partial charge is 0.324 e. The molecular formula is C9H16NO7P. The molecule has 0 aromatic rings. The Labute approximate surface area is 103 Å². The van der Waals surface area contributed by atoms with Crippen LogP contribution in [-0.2, 0) is 19.0 Å². The first kappa shape index (κ1) is 15.1. The molecule has 0 heterocycles. The number of rotatable bonds is 7. The van der Waals surface area contributed by atoms with Crippen molar-refractivity contribution in [3.05, 3.63) is 0 Å². The van der Waals surface area contributed by atoms with Crippen molar-refractivity contribution in [2.45, 2.75) is 25.1 Å². The summed E-state index contributed by atoms with van der Waals surface area (Å²) in [6.45, 7) is 0. The van der Waals surface area contributed by atoms with Crippen LogP contribution in [0.15, 0.2) is 0 Å². The number of carboxylic acid groups (broad SMARTS) is 1. The number of aliphatic carboxylic acids is 1. The Morgan fingerprint density at radius 1 is 1.50 bits per heavy atom. The number of aliphatic hydroxyl groups is 1. The second kappa shape index (κ2) is 5.79. The molecule has 4 atom stereocenters. The fourth-order valence-electron chi connectivity index (χ4n) is 1.77. The monoisotopic (exact) mass is 281 g/mol. The largest absolute Gasteiger partial charge is 0.481 e. The molecule has 0 radical (unpaired) electrons. The Kier molecular flexibility index (Phi) is 4.86. The first-order valence-electron chi connectivity index (χ1n) is 5.41. The minimum atomic E-state index is -3.88. The highest BCUT2D eigenvalue weighted by Gasteiger charge is 2.52. The van der Waals surface area contributed by atoms with Crippen molar-refractivity contribution in [1.29, 1.82) is 0 Å². The van der Waals surface area contributed by atoms with E-state index in [0.717, 1.165) is 0 Å². The van der Waals surface area contributed by atoms with Crippen LogP contribution >= 0.6 is 7.37 Å². The number of carbonyl (C=O) groups excluding carboxylic acids is 1. The van der Waals surface area contributed by atoms with Crippen LogP contribution in [0.25, 0.3) is 0 Å². The fourth-order valence-corrected chi connectivity index (χ4v) is 3.57. The van der Waals surface area contributed by atoms with Crippen LogP contribution in [-0.4, -0.2) is 39.1 Å². The summed E-state index contributed by atoms with van der Waals surface area (Å²) in [5, 5.41) is 18.3. The number of nitrogens with two attached hydrogens (primary N) is 1. The number of hydrogen-bond donors (Lipinski definition) is 4. The molecule has 0 aromatic carbocycles. The normalized spacial score (nSPS) is 27.1. The molecule has 3 unspecified atom stereocenters. The predicted molar refractivity (Wildman–Crippen MR) is 59.4 cm³/mol. The molecule has 0 saturated heterocycles. The first-order valence-corrected chi connectivity index (χ1v) is 7.33. The Morgan fingerprint density at radius 2 is 2.11 bits per heavy atom. The topological polar surface area (TPSA) is 147 Å². The van der Waals surface area contributed by atoms with Gasteiger partial charge < -0.3 is 19.9 Å². The SMILES string of the molecule is NOC(=O)CCCP(=O)(O)[C@H](O)C1CC1C(=O)O. The third-order valence-corrected chi connectivity index (χ3v) is 5.11. The summed E-state index contributed by atoms with van der Waals surface area (Å²) in [6.07, 6.45) is -0.149. The van der Waals surface area contributed by atoms with E-state index in [4.69, 9.17) is 5.11 Å². The highest BCUT2D eigenvalue weighted by atomic mass is 31.2. The van der Waals surface area contributed by atoms with E-state index in [2.05, 4.69) is 10.7 Å². The molecule has 1 aliphatic carbocycles. The highest BCUT2D eigenvalue weighted by molar-refractivity contribution is 7.58. The zero-order valence-corrected chi connectivity index (χ0v) is 10.5. The molecule has 1 rings (SSSR count). The molecule has 0 bridgehead atoms. The average molecular weight is 281 g/mol. The third kappa shape index (κ3) is 3.78. The van der Waals surface area contributed by atoms with Gasteiger partial charge in [-0.1, -0.05) is 0 Å². The lowest BCUT2D eigenvalue weighted by Crippen LogP contribution is -2.17. The maximum Gasteiger partial charge on any atom is 0.324 e. The molecule has 0 amide bonds. The van der Waals surface area contributed by atoms with Gasteiger partial charge in [0, 0.05) is 18.5 Å². The Hall–Kier alpha value is -0.950. The highest BCUT2D eigenvalue weighted by Crippen LogP contribution is 2.57. The van der Waals surface area contributed by atoms with Crippen molar-refractivity contribution >= 4 is 19.3 Å². The van der Waals surface area contributed by atoms with Gasteiger partial charge in [-0.2, -0.15) is 5.90 Å². The summed E-state index contributed by atoms with van der Waals surface area (Å²) >= 11 is 0. The molecule has 1 fully saturated rings. The van der Waals surface area contributed by atoms with Crippen molar-refractivity contribution in [2.24, 2.45) is 17.7 Å². The van der Waals surface area contributed by atoms with Gasteiger partial charge >= 0.3 is 11.9 Å². The number of carboxylic acids is 1. The van der Waals surface area contributed by atoms with Gasteiger partial charge in [0.1, 0.15) is 5.85 Å². The van der Waals surface area contributed by atoms with Gasteiger partial charge in [0.15, 0.2) is 0 Å². The molecule has 5 N–H and O–H groups in total. The summed E-state index contributed by atoms with van der Waals surface area (Å²) in [7, 11) is -3.88. The molecule has 1 saturated carbocycles. The van der Waals surface area contributed by atoms with Crippen LogP contribution in [0.4, 0.5) is 0 Å². The van der Waals surface area contributed by atoms with Crippen LogP contribution in [0.3, 0.4) is 0 Å². The molecule has 18 heavy (non-hydrogen) atoms. The minimum absolute atomic E-state index is 0.0470. The van der Waals surface area contributed by atoms with Gasteiger partial charge in [-0.3, -0.25) is 14.2 Å². The van der Waals surface area contributed by atoms with Crippen molar-refractivity contribution in [2.75, 3.05) is 6.16 Å². The van der Waals surface area contributed by atoms with Crippen molar-refractivity contribution in [3.8, 4) is 0 Å². The first-order chi connectivity index (χ1) is 8.29. The maximum atomic E-state index is 11.8. The van der Waals surface area contributed by atoms with E-state index in [1.165, 1.54) is 0 Å². The molecule has 9 heteroatoms. The lowest BCUT2D eigenvalue weighted by atomic mass is 10.3. The van der Waals surface area contributed by atoms with Gasteiger partial charge in [-0.05, 0) is 12.8 Å². The van der Waals surface area contributed by atoms with Crippen LogP contribution in [0.2, 0.25) is 0 Å². The fraction of sp³-hybridized carbons (Fsp3) is 0.778. The van der Waals surface area contributed by atoms with Crippen LogP contribution in [0, 0.1) is 11.8 Å². The third-order valence-electron chi connectivity index (χ3n) is 2.94. The second-order valence-electron chi connectivity index (χ2n) is 4.33. The van der Waals surface area contributed by atoms with Gasteiger partial charge in [0.2, 0.25) is 7.37 Å². The quantitative estimate of drug-likeness (QED) is 0.360. The zero-order chi connectivity index (χ0) is 13.9. The van der Waals surface area contributed by atoms with Gasteiger partial charge in [0.05, 0.1) is 5.92 Å². The molecule has 8 nitrogen and oxygen atoms in total. The van der Waals surface area contributed by atoms with Crippen LogP contribution in [0.5, 0.6) is 0 Å². The summed E-state index contributed by atoms with van der Waals surface area (Å²) in [4.78, 5) is 34.8.